The predicted molar refractivity (Wildman–Crippen MR) is 104 cm³/mol. The zero-order chi connectivity index (χ0) is 17.4. The van der Waals surface area contributed by atoms with Crippen molar-refractivity contribution in [2.24, 2.45) is 0 Å². The van der Waals surface area contributed by atoms with Crippen LogP contribution in [0.25, 0.3) is 5.69 Å². The van der Waals surface area contributed by atoms with Gasteiger partial charge in [0, 0.05) is 30.8 Å². The molecule has 1 N–H and O–H groups in total. The first-order chi connectivity index (χ1) is 12.2. The van der Waals surface area contributed by atoms with E-state index in [-0.39, 0.29) is 12.1 Å². The number of nitrogens with one attached hydrogen (secondary N) is 1. The average Bonchev–Trinajstić information content (AvgIpc) is 3.21. The van der Waals surface area contributed by atoms with Gasteiger partial charge in [0.15, 0.2) is 5.11 Å². The maximum absolute atomic E-state index is 5.53. The van der Waals surface area contributed by atoms with Crippen molar-refractivity contribution in [1.29, 1.82) is 0 Å². The number of hydrogen-bond donors (Lipinski definition) is 1. The maximum atomic E-state index is 5.53. The minimum Gasteiger partial charge on any atom is -0.352 e. The lowest BCUT2D eigenvalue weighted by molar-refractivity contribution is 0.357. The Hall–Kier alpha value is -2.66. The van der Waals surface area contributed by atoms with Crippen molar-refractivity contribution in [3.05, 3.63) is 83.9 Å². The second-order valence-electron chi connectivity index (χ2n) is 6.33. The molecular formula is C20H20N4S. The molecule has 0 aliphatic carbocycles. The summed E-state index contributed by atoms with van der Waals surface area (Å²) in [6.45, 7) is 2.14. The predicted octanol–water partition coefficient (Wildman–Crippen LogP) is 3.78. The van der Waals surface area contributed by atoms with Crippen molar-refractivity contribution in [1.82, 2.24) is 19.8 Å². The number of hydrogen-bond acceptors (Lipinski definition) is 2. The van der Waals surface area contributed by atoms with E-state index in [9.17, 15) is 0 Å². The number of nitrogens with zero attached hydrogens (tertiary/aromatic N) is 3. The number of aryl methyl sites for hydroxylation is 1. The van der Waals surface area contributed by atoms with Gasteiger partial charge in [0.2, 0.25) is 0 Å². The third-order valence-electron chi connectivity index (χ3n) is 4.80. The first-order valence-electron chi connectivity index (χ1n) is 8.34. The minimum atomic E-state index is 0.0244. The van der Waals surface area contributed by atoms with Crippen molar-refractivity contribution in [3.8, 4) is 5.69 Å². The molecule has 3 aromatic rings. The van der Waals surface area contributed by atoms with Gasteiger partial charge < -0.3 is 14.8 Å². The van der Waals surface area contributed by atoms with E-state index in [1.165, 1.54) is 16.9 Å². The van der Waals surface area contributed by atoms with Gasteiger partial charge in [-0.15, -0.1) is 0 Å². The molecule has 0 bridgehead atoms. The van der Waals surface area contributed by atoms with Crippen molar-refractivity contribution in [2.75, 3.05) is 7.05 Å². The fourth-order valence-electron chi connectivity index (χ4n) is 3.52. The lowest BCUT2D eigenvalue weighted by Crippen LogP contribution is -2.26. The standard InChI is InChI=1S/C20H20N4S/c1-14-8-3-4-10-16(14)24-13-7-11-17(24)19-18(22-20(25)23(19)2)15-9-5-6-12-21-15/h3-13,18-19H,1-2H3,(H,22,25)/t18-,19+/m1/s1. The molecule has 126 valence electrons. The Bertz CT molecular complexity index is 903. The lowest BCUT2D eigenvalue weighted by atomic mass is 10.0. The molecule has 25 heavy (non-hydrogen) atoms. The van der Waals surface area contributed by atoms with Crippen LogP contribution in [0.4, 0.5) is 0 Å². The molecule has 4 nitrogen and oxygen atoms in total. The molecule has 2 atom stereocenters. The van der Waals surface area contributed by atoms with Crippen molar-refractivity contribution >= 4 is 17.3 Å². The van der Waals surface area contributed by atoms with Crippen LogP contribution in [0.3, 0.4) is 0 Å². The van der Waals surface area contributed by atoms with Gasteiger partial charge in [0.25, 0.3) is 0 Å². The van der Waals surface area contributed by atoms with Gasteiger partial charge in [-0.2, -0.15) is 0 Å². The van der Waals surface area contributed by atoms with E-state index in [0.717, 1.165) is 10.8 Å². The van der Waals surface area contributed by atoms with Crippen LogP contribution >= 0.6 is 12.2 Å². The van der Waals surface area contributed by atoms with Crippen LogP contribution in [0.2, 0.25) is 0 Å². The van der Waals surface area contributed by atoms with E-state index < -0.39 is 0 Å². The highest BCUT2D eigenvalue weighted by Gasteiger charge is 2.39. The first-order valence-corrected chi connectivity index (χ1v) is 8.75. The number of para-hydroxylation sites is 1. The van der Waals surface area contributed by atoms with Crippen molar-refractivity contribution in [3.63, 3.8) is 0 Å². The highest BCUT2D eigenvalue weighted by Crippen LogP contribution is 2.38. The van der Waals surface area contributed by atoms with E-state index in [2.05, 4.69) is 69.3 Å². The molecule has 2 aromatic heterocycles. The Morgan fingerprint density at radius 1 is 1.04 bits per heavy atom. The molecule has 1 fully saturated rings. The molecule has 0 amide bonds. The van der Waals surface area contributed by atoms with E-state index in [1.54, 1.807) is 0 Å². The molecule has 1 saturated heterocycles. The Morgan fingerprint density at radius 2 is 1.84 bits per heavy atom. The summed E-state index contributed by atoms with van der Waals surface area (Å²) >= 11 is 5.53. The van der Waals surface area contributed by atoms with Crippen LogP contribution in [0.15, 0.2) is 67.0 Å². The quantitative estimate of drug-likeness (QED) is 0.730. The second-order valence-corrected chi connectivity index (χ2v) is 6.71. The summed E-state index contributed by atoms with van der Waals surface area (Å²) in [7, 11) is 2.04. The van der Waals surface area contributed by atoms with Gasteiger partial charge in [-0.3, -0.25) is 4.98 Å². The smallest absolute Gasteiger partial charge is 0.169 e. The van der Waals surface area contributed by atoms with Crippen molar-refractivity contribution < 1.29 is 0 Å². The molecule has 1 aromatic carbocycles. The third kappa shape index (κ3) is 2.70. The van der Waals surface area contributed by atoms with Crippen LogP contribution < -0.4 is 5.32 Å². The zero-order valence-corrected chi connectivity index (χ0v) is 15.1. The summed E-state index contributed by atoms with van der Waals surface area (Å²) in [5, 5.41) is 4.18. The highest BCUT2D eigenvalue weighted by molar-refractivity contribution is 7.80. The molecule has 4 rings (SSSR count). The topological polar surface area (TPSA) is 33.1 Å². The van der Waals surface area contributed by atoms with E-state index >= 15 is 0 Å². The zero-order valence-electron chi connectivity index (χ0n) is 14.3. The van der Waals surface area contributed by atoms with E-state index in [1.807, 2.05) is 31.4 Å². The maximum Gasteiger partial charge on any atom is 0.169 e. The molecule has 1 aliphatic heterocycles. The fourth-order valence-corrected chi connectivity index (χ4v) is 3.76. The number of rotatable bonds is 3. The summed E-state index contributed by atoms with van der Waals surface area (Å²) in [4.78, 5) is 6.68. The van der Waals surface area contributed by atoms with Crippen LogP contribution in [-0.4, -0.2) is 26.6 Å². The Labute approximate surface area is 153 Å². The lowest BCUT2D eigenvalue weighted by Gasteiger charge is -2.26. The Morgan fingerprint density at radius 3 is 2.60 bits per heavy atom. The van der Waals surface area contributed by atoms with Crippen LogP contribution in [-0.2, 0) is 0 Å². The molecular weight excluding hydrogens is 328 g/mol. The molecule has 0 unspecified atom stereocenters. The largest absolute Gasteiger partial charge is 0.352 e. The fraction of sp³-hybridized carbons (Fsp3) is 0.200. The summed E-state index contributed by atoms with van der Waals surface area (Å²) < 4.78 is 2.25. The number of thiocarbonyl (C=S) groups is 1. The summed E-state index contributed by atoms with van der Waals surface area (Å²) in [5.41, 5.74) is 4.62. The SMILES string of the molecule is Cc1ccccc1-n1cccc1[C@H]1[C@@H](c2ccccn2)NC(=S)N1C. The van der Waals surface area contributed by atoms with E-state index in [4.69, 9.17) is 12.2 Å². The molecule has 1 aliphatic rings. The van der Waals surface area contributed by atoms with Gasteiger partial charge >= 0.3 is 0 Å². The average molecular weight is 348 g/mol. The number of aromatic nitrogens is 2. The molecule has 0 radical (unpaired) electrons. The number of benzene rings is 1. The normalized spacial score (nSPS) is 19.9. The van der Waals surface area contributed by atoms with Crippen molar-refractivity contribution in [2.45, 2.75) is 19.0 Å². The number of likely N-dealkylation sites (N-methyl/N-ethyl adjacent to an activating group) is 1. The van der Waals surface area contributed by atoms with Crippen LogP contribution in [0, 0.1) is 6.92 Å². The molecule has 0 saturated carbocycles. The molecule has 3 heterocycles. The molecule has 0 spiro atoms. The monoisotopic (exact) mass is 348 g/mol. The van der Waals surface area contributed by atoms with E-state index in [0.29, 0.717) is 0 Å². The first kappa shape index (κ1) is 15.8. The van der Waals surface area contributed by atoms with Gasteiger partial charge in [-0.25, -0.2) is 0 Å². The Kier molecular flexibility index (Phi) is 4.01. The summed E-state index contributed by atoms with van der Waals surface area (Å²) in [6, 6.07) is 18.8. The highest BCUT2D eigenvalue weighted by atomic mass is 32.1. The third-order valence-corrected chi connectivity index (χ3v) is 5.20. The summed E-state index contributed by atoms with van der Waals surface area (Å²) in [6.07, 6.45) is 3.94. The Balaban J connectivity index is 1.82. The van der Waals surface area contributed by atoms with Gasteiger partial charge in [-0.1, -0.05) is 24.3 Å². The number of pyridine rings is 1. The second kappa shape index (κ2) is 6.33. The van der Waals surface area contributed by atoms with Gasteiger partial charge in [0.05, 0.1) is 17.8 Å². The minimum absolute atomic E-state index is 0.0244. The van der Waals surface area contributed by atoms with Crippen LogP contribution in [0.5, 0.6) is 0 Å². The van der Waals surface area contributed by atoms with Gasteiger partial charge in [-0.05, 0) is 55.0 Å². The van der Waals surface area contributed by atoms with Crippen LogP contribution in [0.1, 0.15) is 29.0 Å². The molecule has 5 heteroatoms. The van der Waals surface area contributed by atoms with Gasteiger partial charge in [0.1, 0.15) is 0 Å². The summed E-state index contributed by atoms with van der Waals surface area (Å²) in [5.74, 6) is 0.